The molecule has 0 radical (unpaired) electrons. The Morgan fingerprint density at radius 2 is 1.78 bits per heavy atom. The third-order valence-electron chi connectivity index (χ3n) is 3.88. The van der Waals surface area contributed by atoms with Gasteiger partial charge in [0.2, 0.25) is 0 Å². The highest BCUT2D eigenvalue weighted by Crippen LogP contribution is 2.35. The monoisotopic (exact) mass is 315 g/mol. The second-order valence-corrected chi connectivity index (χ2v) is 5.44. The van der Waals surface area contributed by atoms with Gasteiger partial charge >= 0.3 is 11.9 Å². The topological polar surface area (TPSA) is 55.8 Å². The highest BCUT2D eigenvalue weighted by molar-refractivity contribution is 6.02. The van der Waals surface area contributed by atoms with E-state index in [4.69, 9.17) is 4.74 Å². The van der Waals surface area contributed by atoms with Crippen molar-refractivity contribution >= 4 is 17.6 Å². The first-order valence-electron chi connectivity index (χ1n) is 7.37. The summed E-state index contributed by atoms with van der Waals surface area (Å²) in [6.45, 7) is 2.79. The normalized spacial score (nSPS) is 15.0. The molecule has 5 nitrogen and oxygen atoms in total. The number of carbonyl (C=O) groups excluding carboxylic acids is 2. The standard InChI is InChI=1S/C18H21NO4/c1-12-5-7-13(8-6-12)17-14(9-10-19(17)2)15(18(21)23-4)11-16(20)22-3/h5-8,11H,9-10H2,1-4H3/b15-11-. The lowest BCUT2D eigenvalue weighted by Gasteiger charge is -2.18. The first kappa shape index (κ1) is 16.8. The van der Waals surface area contributed by atoms with Gasteiger partial charge in [-0.2, -0.15) is 0 Å². The Hall–Kier alpha value is -2.56. The third kappa shape index (κ3) is 3.62. The van der Waals surface area contributed by atoms with Gasteiger partial charge in [0.25, 0.3) is 0 Å². The molecule has 0 bridgehead atoms. The summed E-state index contributed by atoms with van der Waals surface area (Å²) < 4.78 is 9.50. The number of nitrogens with zero attached hydrogens (tertiary/aromatic N) is 1. The molecule has 122 valence electrons. The van der Waals surface area contributed by atoms with Crippen molar-refractivity contribution in [3.63, 3.8) is 0 Å². The lowest BCUT2D eigenvalue weighted by molar-refractivity contribution is -0.138. The van der Waals surface area contributed by atoms with E-state index in [0.717, 1.165) is 28.9 Å². The highest BCUT2D eigenvalue weighted by atomic mass is 16.5. The molecule has 1 aromatic carbocycles. The van der Waals surface area contributed by atoms with Crippen LogP contribution in [0.5, 0.6) is 0 Å². The van der Waals surface area contributed by atoms with E-state index >= 15 is 0 Å². The fraction of sp³-hybridized carbons (Fsp3) is 0.333. The molecule has 5 heteroatoms. The first-order chi connectivity index (χ1) is 11.0. The van der Waals surface area contributed by atoms with Crippen molar-refractivity contribution in [1.29, 1.82) is 0 Å². The molecule has 0 aromatic heterocycles. The minimum absolute atomic E-state index is 0.249. The largest absolute Gasteiger partial charge is 0.466 e. The maximum absolute atomic E-state index is 12.1. The molecule has 0 amide bonds. The number of esters is 2. The minimum Gasteiger partial charge on any atom is -0.466 e. The fourth-order valence-electron chi connectivity index (χ4n) is 2.66. The number of methoxy groups -OCH3 is 2. The maximum atomic E-state index is 12.1. The number of rotatable bonds is 4. The molecule has 1 aliphatic heterocycles. The predicted molar refractivity (Wildman–Crippen MR) is 87.5 cm³/mol. The zero-order chi connectivity index (χ0) is 17.0. The summed E-state index contributed by atoms with van der Waals surface area (Å²) in [5.74, 6) is -1.11. The summed E-state index contributed by atoms with van der Waals surface area (Å²) in [7, 11) is 4.55. The van der Waals surface area contributed by atoms with Gasteiger partial charge in [-0.05, 0) is 24.5 Å². The Kier molecular flexibility index (Phi) is 5.21. The van der Waals surface area contributed by atoms with Crippen LogP contribution < -0.4 is 0 Å². The average Bonchev–Trinajstić information content (AvgIpc) is 2.93. The van der Waals surface area contributed by atoms with Crippen LogP contribution in [0, 0.1) is 6.92 Å². The summed E-state index contributed by atoms with van der Waals surface area (Å²) in [5, 5.41) is 0. The number of ether oxygens (including phenoxy) is 2. The van der Waals surface area contributed by atoms with E-state index in [1.807, 2.05) is 38.2 Å². The number of aryl methyl sites for hydroxylation is 1. The smallest absolute Gasteiger partial charge is 0.338 e. The van der Waals surface area contributed by atoms with Crippen LogP contribution in [-0.4, -0.2) is 44.7 Å². The van der Waals surface area contributed by atoms with Gasteiger partial charge in [-0.25, -0.2) is 9.59 Å². The molecule has 0 N–H and O–H groups in total. The second kappa shape index (κ2) is 7.13. The van der Waals surface area contributed by atoms with E-state index in [1.54, 1.807) is 0 Å². The molecule has 2 rings (SSSR count). The summed E-state index contributed by atoms with van der Waals surface area (Å²) in [6, 6.07) is 8.07. The predicted octanol–water partition coefficient (Wildman–Crippen LogP) is 2.31. The summed E-state index contributed by atoms with van der Waals surface area (Å²) in [5.41, 5.74) is 4.15. The summed E-state index contributed by atoms with van der Waals surface area (Å²) >= 11 is 0. The van der Waals surface area contributed by atoms with Crippen LogP contribution in [0.1, 0.15) is 17.5 Å². The Morgan fingerprint density at radius 1 is 1.13 bits per heavy atom. The molecule has 0 spiro atoms. The van der Waals surface area contributed by atoms with Crippen LogP contribution in [-0.2, 0) is 19.1 Å². The first-order valence-corrected chi connectivity index (χ1v) is 7.37. The van der Waals surface area contributed by atoms with E-state index in [0.29, 0.717) is 6.42 Å². The van der Waals surface area contributed by atoms with Gasteiger partial charge in [-0.15, -0.1) is 0 Å². The third-order valence-corrected chi connectivity index (χ3v) is 3.88. The quantitative estimate of drug-likeness (QED) is 0.630. The van der Waals surface area contributed by atoms with E-state index in [1.165, 1.54) is 20.3 Å². The molecule has 1 aromatic rings. The molecular weight excluding hydrogens is 294 g/mol. The minimum atomic E-state index is -0.573. The van der Waals surface area contributed by atoms with Crippen LogP contribution >= 0.6 is 0 Å². The molecule has 0 unspecified atom stereocenters. The average molecular weight is 315 g/mol. The van der Waals surface area contributed by atoms with E-state index in [2.05, 4.69) is 9.64 Å². The molecule has 1 aliphatic rings. The van der Waals surface area contributed by atoms with Gasteiger partial charge < -0.3 is 14.4 Å². The van der Waals surface area contributed by atoms with Crippen molar-refractivity contribution < 1.29 is 19.1 Å². The van der Waals surface area contributed by atoms with Crippen molar-refractivity contribution in [1.82, 2.24) is 4.90 Å². The van der Waals surface area contributed by atoms with Crippen molar-refractivity contribution in [2.45, 2.75) is 13.3 Å². The van der Waals surface area contributed by atoms with E-state index < -0.39 is 11.9 Å². The molecule has 0 aliphatic carbocycles. The summed E-state index contributed by atoms with van der Waals surface area (Å²) in [6.07, 6.45) is 1.87. The fourth-order valence-corrected chi connectivity index (χ4v) is 2.66. The Labute approximate surface area is 136 Å². The van der Waals surface area contributed by atoms with Crippen LogP contribution in [0.2, 0.25) is 0 Å². The van der Waals surface area contributed by atoms with Gasteiger partial charge in [-0.3, -0.25) is 0 Å². The van der Waals surface area contributed by atoms with Gasteiger partial charge in [-0.1, -0.05) is 29.8 Å². The van der Waals surface area contributed by atoms with Crippen molar-refractivity contribution in [2.75, 3.05) is 27.8 Å². The lowest BCUT2D eigenvalue weighted by Crippen LogP contribution is -2.13. The van der Waals surface area contributed by atoms with E-state index in [9.17, 15) is 9.59 Å². The Bertz CT molecular complexity index is 671. The van der Waals surface area contributed by atoms with Crippen molar-refractivity contribution in [3.05, 3.63) is 52.6 Å². The van der Waals surface area contributed by atoms with Crippen molar-refractivity contribution in [3.8, 4) is 0 Å². The Morgan fingerprint density at radius 3 is 2.35 bits per heavy atom. The molecule has 0 saturated carbocycles. The molecular formula is C18H21NO4. The number of hydrogen-bond acceptors (Lipinski definition) is 5. The maximum Gasteiger partial charge on any atom is 0.338 e. The number of hydrogen-bond donors (Lipinski definition) is 0. The van der Waals surface area contributed by atoms with Gasteiger partial charge in [0, 0.05) is 25.4 Å². The van der Waals surface area contributed by atoms with Crippen LogP contribution in [0.25, 0.3) is 5.70 Å². The van der Waals surface area contributed by atoms with Gasteiger partial charge in [0.15, 0.2) is 0 Å². The lowest BCUT2D eigenvalue weighted by atomic mass is 9.98. The second-order valence-electron chi connectivity index (χ2n) is 5.44. The zero-order valence-electron chi connectivity index (χ0n) is 13.9. The highest BCUT2D eigenvalue weighted by Gasteiger charge is 2.28. The molecule has 23 heavy (non-hydrogen) atoms. The van der Waals surface area contributed by atoms with Crippen LogP contribution in [0.3, 0.4) is 0 Å². The van der Waals surface area contributed by atoms with Crippen molar-refractivity contribution in [2.24, 2.45) is 0 Å². The molecule has 0 saturated heterocycles. The molecule has 0 fully saturated rings. The number of benzene rings is 1. The van der Waals surface area contributed by atoms with Gasteiger partial charge in [0.05, 0.1) is 19.8 Å². The zero-order valence-corrected chi connectivity index (χ0v) is 13.9. The van der Waals surface area contributed by atoms with Gasteiger partial charge in [0.1, 0.15) is 0 Å². The SMILES string of the molecule is COC(=O)/C=C(\C(=O)OC)C1=C(c2ccc(C)cc2)N(C)CC1. The number of carbonyl (C=O) groups is 2. The Balaban J connectivity index is 2.57. The molecule has 0 atom stereocenters. The van der Waals surface area contributed by atoms with E-state index in [-0.39, 0.29) is 5.57 Å². The van der Waals surface area contributed by atoms with Crippen LogP contribution in [0.4, 0.5) is 0 Å². The van der Waals surface area contributed by atoms with Crippen LogP contribution in [0.15, 0.2) is 41.5 Å². The molecule has 1 heterocycles. The summed E-state index contributed by atoms with van der Waals surface area (Å²) in [4.78, 5) is 25.8.